The van der Waals surface area contributed by atoms with Crippen LogP contribution in [0, 0.1) is 15.9 Å². The quantitative estimate of drug-likeness (QED) is 0.143. The summed E-state index contributed by atoms with van der Waals surface area (Å²) in [5.74, 6) is 1.07. The Labute approximate surface area is 296 Å². The van der Waals surface area contributed by atoms with Crippen molar-refractivity contribution in [1.29, 1.82) is 0 Å². The number of nitrogens with zero attached hydrogens (tertiary/aromatic N) is 4. The van der Waals surface area contributed by atoms with Crippen LogP contribution in [0.15, 0.2) is 164 Å². The number of para-hydroxylation sites is 3. The van der Waals surface area contributed by atoms with Gasteiger partial charge in [0.2, 0.25) is 0 Å². The van der Waals surface area contributed by atoms with Crippen LogP contribution in [-0.4, -0.2) is 14.1 Å². The summed E-state index contributed by atoms with van der Waals surface area (Å²) in [6, 6.07) is 61.3. The minimum absolute atomic E-state index is 0.507. The van der Waals surface area contributed by atoms with Crippen molar-refractivity contribution in [3.8, 4) is 39.6 Å². The van der Waals surface area contributed by atoms with Gasteiger partial charge in [-0.25, -0.2) is 0 Å². The van der Waals surface area contributed by atoms with Crippen molar-refractivity contribution in [3.63, 3.8) is 0 Å². The van der Waals surface area contributed by atoms with Crippen LogP contribution in [0.25, 0.3) is 39.0 Å². The third-order valence-electron chi connectivity index (χ3n) is 8.43. The van der Waals surface area contributed by atoms with Gasteiger partial charge in [0.1, 0.15) is 0 Å². The van der Waals surface area contributed by atoms with Crippen LogP contribution < -0.4 is 9.64 Å². The number of pyridine rings is 1. The first-order chi connectivity index (χ1) is 24.2. The summed E-state index contributed by atoms with van der Waals surface area (Å²) in [5.41, 5.74) is 10.3. The number of benzene rings is 6. The van der Waals surface area contributed by atoms with E-state index in [1.54, 1.807) is 6.20 Å². The van der Waals surface area contributed by atoms with E-state index < -0.39 is 0 Å². The monoisotopic (exact) mass is 813 g/mol. The first kappa shape index (κ1) is 30.6. The Hall–Kier alpha value is -5.77. The summed E-state index contributed by atoms with van der Waals surface area (Å²) in [6.45, 7) is 0. The molecule has 0 aliphatic heterocycles. The van der Waals surface area contributed by atoms with Crippen LogP contribution in [0.1, 0.15) is 0 Å². The maximum atomic E-state index is 6.22. The molecule has 0 amide bonds. The molecule has 6 heteroatoms. The fourth-order valence-electron chi connectivity index (χ4n) is 6.20. The number of fused-ring (bicyclic) bond motifs is 1. The molecule has 0 aliphatic rings. The molecule has 0 bridgehead atoms. The van der Waals surface area contributed by atoms with E-state index in [1.165, 1.54) is 0 Å². The van der Waals surface area contributed by atoms with Gasteiger partial charge in [-0.3, -0.25) is 0 Å². The molecular weight excluding hydrogens is 784 g/mol. The Morgan fingerprint density at radius 3 is 1.86 bits per heavy atom. The van der Waals surface area contributed by atoms with Crippen LogP contribution in [0.4, 0.5) is 17.1 Å². The molecule has 0 fully saturated rings. The number of ether oxygens (including phenoxy) is 1. The number of hydrogen-bond donors (Lipinski definition) is 0. The third-order valence-corrected chi connectivity index (χ3v) is 9.70. The molecule has 8 rings (SSSR count). The second-order valence-electron chi connectivity index (χ2n) is 11.5. The number of aryl methyl sites for hydroxylation is 1. The van der Waals surface area contributed by atoms with Gasteiger partial charge in [0.15, 0.2) is 0 Å². The fourth-order valence-corrected chi connectivity index (χ4v) is 7.02. The summed E-state index contributed by atoms with van der Waals surface area (Å²) in [7, 11) is 2.10. The molecule has 0 aliphatic carbocycles. The Bertz CT molecular complexity index is 2400. The first-order valence-electron chi connectivity index (χ1n) is 16.0. The standard InChI is InChI=1S/C43H30N4O.Pt/c1-45-31-46(41-26-9-8-25-40(41)45)34-19-12-20-35(29-34)47(36-21-13-22-37(30-36)48-42-27-10-11-28-44-42)43-38(32-15-4-2-5-16-32)23-14-24-39(43)33-17-6-3-7-18-33;/h2-28H,1H3;/q-2;. The van der Waals surface area contributed by atoms with E-state index in [1.807, 2.05) is 30.3 Å². The van der Waals surface area contributed by atoms with Crippen LogP contribution >= 0.6 is 0 Å². The molecule has 0 saturated carbocycles. The van der Waals surface area contributed by atoms with Crippen molar-refractivity contribution in [2.75, 3.05) is 4.90 Å². The van der Waals surface area contributed by atoms with E-state index in [2.05, 4.69) is 185 Å². The maximum absolute atomic E-state index is 6.22. The molecule has 49 heavy (non-hydrogen) atoms. The predicted molar refractivity (Wildman–Crippen MR) is 193 cm³/mol. The second-order valence-corrected chi connectivity index (χ2v) is 12.5. The van der Waals surface area contributed by atoms with Gasteiger partial charge in [0.25, 0.3) is 0 Å². The van der Waals surface area contributed by atoms with E-state index in [4.69, 9.17) is 4.74 Å². The van der Waals surface area contributed by atoms with E-state index in [0.717, 1.165) is 59.8 Å². The molecule has 0 spiro atoms. The van der Waals surface area contributed by atoms with Crippen molar-refractivity contribution in [2.24, 2.45) is 7.05 Å². The molecule has 240 valence electrons. The molecule has 0 unspecified atom stereocenters. The van der Waals surface area contributed by atoms with E-state index in [9.17, 15) is 0 Å². The second kappa shape index (κ2) is 13.4. The first-order valence-corrected chi connectivity index (χ1v) is 17.1. The summed E-state index contributed by atoms with van der Waals surface area (Å²) in [4.78, 5) is 6.63. The Balaban J connectivity index is 1.40. The van der Waals surface area contributed by atoms with Crippen LogP contribution in [0.3, 0.4) is 0 Å². The van der Waals surface area contributed by atoms with E-state index in [0.29, 0.717) is 11.6 Å². The van der Waals surface area contributed by atoms with Crippen molar-refractivity contribution in [1.82, 2.24) is 14.1 Å². The molecule has 6 aromatic carbocycles. The number of rotatable bonds is 8. The fraction of sp³-hybridized carbons (Fsp3) is 0.0233. The molecule has 8 aromatic rings. The van der Waals surface area contributed by atoms with Gasteiger partial charge < -0.3 is 0 Å². The van der Waals surface area contributed by atoms with Crippen molar-refractivity contribution in [2.45, 2.75) is 0 Å². The van der Waals surface area contributed by atoms with Gasteiger partial charge in [0.05, 0.1) is 0 Å². The van der Waals surface area contributed by atoms with Gasteiger partial charge in [-0.2, -0.15) is 0 Å². The average molecular weight is 814 g/mol. The Morgan fingerprint density at radius 2 is 1.18 bits per heavy atom. The van der Waals surface area contributed by atoms with Crippen LogP contribution in [0.5, 0.6) is 11.6 Å². The molecule has 0 atom stereocenters. The molecule has 2 aromatic heterocycles. The summed E-state index contributed by atoms with van der Waals surface area (Å²) in [6.07, 6.45) is 1.72. The third kappa shape index (κ3) is 5.94. The van der Waals surface area contributed by atoms with Gasteiger partial charge >= 0.3 is 279 Å². The molecule has 2 heterocycles. The normalized spacial score (nSPS) is 11.1. The van der Waals surface area contributed by atoms with E-state index >= 15 is 0 Å². The Kier molecular flexibility index (Phi) is 8.35. The zero-order valence-corrected chi connectivity index (χ0v) is 28.9. The van der Waals surface area contributed by atoms with E-state index in [-0.39, 0.29) is 0 Å². The van der Waals surface area contributed by atoms with Crippen molar-refractivity contribution >= 4 is 28.1 Å². The molecule has 5 nitrogen and oxygen atoms in total. The van der Waals surface area contributed by atoms with Gasteiger partial charge in [0, 0.05) is 6.20 Å². The molecule has 0 radical (unpaired) electrons. The predicted octanol–water partition coefficient (Wildman–Crippen LogP) is 10.6. The number of hydrogen-bond acceptors (Lipinski definition) is 3. The zero-order valence-electron chi connectivity index (χ0n) is 26.6. The summed E-state index contributed by atoms with van der Waals surface area (Å²) < 4.78 is 11.8. The molecular formula is C43H30N4OPt-2. The van der Waals surface area contributed by atoms with Gasteiger partial charge in [-0.1, -0.05) is 6.07 Å². The average Bonchev–Trinajstić information content (AvgIpc) is 3.42. The summed E-state index contributed by atoms with van der Waals surface area (Å²) in [5, 5.41) is 0. The van der Waals surface area contributed by atoms with Gasteiger partial charge in [-0.05, 0) is 6.07 Å². The minimum atomic E-state index is 0.507. The Morgan fingerprint density at radius 1 is 0.592 bits per heavy atom. The topological polar surface area (TPSA) is 35.2 Å². The van der Waals surface area contributed by atoms with Crippen molar-refractivity contribution < 1.29 is 24.1 Å². The molecule has 0 saturated heterocycles. The number of aromatic nitrogens is 3. The van der Waals surface area contributed by atoms with Crippen LogP contribution in [0.2, 0.25) is 0 Å². The SMILES string of the molecule is Cn1[c](=[Pt])n(-c2[c-]c(N(c3[c-]c(Oc4ccccn4)ccc3)c3c(-c4ccccc4)cccc3-c3ccccc3)ccc2)c2ccccc21. The van der Waals surface area contributed by atoms with Crippen molar-refractivity contribution in [3.05, 3.63) is 180 Å². The zero-order chi connectivity index (χ0) is 33.2. The molecule has 0 N–H and O–H groups in total. The van der Waals surface area contributed by atoms with Crippen LogP contribution in [-0.2, 0) is 26.4 Å². The number of imidazole rings is 1. The number of anilines is 3. The summed E-state index contributed by atoms with van der Waals surface area (Å²) >= 11 is 2.40. The van der Waals surface area contributed by atoms with Gasteiger partial charge in [-0.15, -0.1) is 0 Å².